The van der Waals surface area contributed by atoms with Crippen molar-refractivity contribution in [2.75, 3.05) is 0 Å². The highest BCUT2D eigenvalue weighted by Gasteiger charge is 2.35. The molecule has 47 heavy (non-hydrogen) atoms. The quantitative estimate of drug-likeness (QED) is 0.181. The van der Waals surface area contributed by atoms with Gasteiger partial charge >= 0.3 is 0 Å². The zero-order chi connectivity index (χ0) is 32.4. The molecule has 0 saturated heterocycles. The Morgan fingerprint density at radius 3 is 2.45 bits per heavy atom. The van der Waals surface area contributed by atoms with Gasteiger partial charge in [0.2, 0.25) is 0 Å². The molecule has 3 heteroatoms. The van der Waals surface area contributed by atoms with Gasteiger partial charge in [0.15, 0.2) is 0 Å². The van der Waals surface area contributed by atoms with Crippen molar-refractivity contribution in [1.82, 2.24) is 4.57 Å². The summed E-state index contributed by atoms with van der Waals surface area (Å²) in [7, 11) is 0. The van der Waals surface area contributed by atoms with E-state index in [1.165, 1.54) is 48.3 Å². The van der Waals surface area contributed by atoms with Crippen molar-refractivity contribution in [2.24, 2.45) is 0 Å². The van der Waals surface area contributed by atoms with Gasteiger partial charge in [-0.15, -0.1) is 11.3 Å². The summed E-state index contributed by atoms with van der Waals surface area (Å²) in [5.41, 5.74) is 14.5. The molecule has 2 heterocycles. The second kappa shape index (κ2) is 11.0. The summed E-state index contributed by atoms with van der Waals surface area (Å²) in [5.74, 6) is 0. The first kappa shape index (κ1) is 29.2. The highest BCUT2D eigenvalue weighted by atomic mass is 32.1. The Bertz CT molecular complexity index is 2490. The van der Waals surface area contributed by atoms with Crippen molar-refractivity contribution in [3.8, 4) is 22.9 Å². The van der Waals surface area contributed by atoms with Crippen molar-refractivity contribution in [3.05, 3.63) is 148 Å². The van der Waals surface area contributed by atoms with Crippen molar-refractivity contribution < 1.29 is 0 Å². The lowest BCUT2D eigenvalue weighted by Crippen LogP contribution is -2.14. The molecule has 0 unspecified atom stereocenters. The third-order valence-electron chi connectivity index (χ3n) is 10.1. The second-order valence-electron chi connectivity index (χ2n) is 13.3. The van der Waals surface area contributed by atoms with Gasteiger partial charge in [-0.3, -0.25) is 0 Å². The number of hydrogen-bond donors (Lipinski definition) is 0. The number of rotatable bonds is 6. The van der Waals surface area contributed by atoms with Gasteiger partial charge in [-0.1, -0.05) is 93.6 Å². The normalized spacial score (nSPS) is 13.4. The van der Waals surface area contributed by atoms with Gasteiger partial charge in [-0.05, 0) is 113 Å². The number of nitriles is 1. The molecule has 7 aromatic rings. The van der Waals surface area contributed by atoms with E-state index in [4.69, 9.17) is 0 Å². The van der Waals surface area contributed by atoms with Crippen LogP contribution in [-0.2, 0) is 18.3 Å². The molecule has 0 fully saturated rings. The molecule has 1 aliphatic carbocycles. The van der Waals surface area contributed by atoms with Crippen molar-refractivity contribution in [1.29, 1.82) is 5.26 Å². The number of thiophene rings is 1. The van der Waals surface area contributed by atoms with Crippen LogP contribution in [0.4, 0.5) is 0 Å². The lowest BCUT2D eigenvalue weighted by atomic mass is 9.82. The predicted octanol–water partition coefficient (Wildman–Crippen LogP) is 12.0. The molecule has 0 N–H and O–H groups in total. The number of benzene rings is 5. The molecule has 8 rings (SSSR count). The van der Waals surface area contributed by atoms with Crippen LogP contribution in [0.25, 0.3) is 60.4 Å². The molecule has 2 aromatic heterocycles. The summed E-state index contributed by atoms with van der Waals surface area (Å²) in [6.07, 6.45) is 6.46. The van der Waals surface area contributed by atoms with Crippen LogP contribution in [0.3, 0.4) is 0 Å². The van der Waals surface area contributed by atoms with E-state index in [9.17, 15) is 5.26 Å². The van der Waals surface area contributed by atoms with Crippen molar-refractivity contribution in [3.63, 3.8) is 0 Å². The molecular formula is C44H36N2S. The van der Waals surface area contributed by atoms with Crippen LogP contribution in [-0.4, -0.2) is 4.57 Å². The van der Waals surface area contributed by atoms with E-state index in [1.807, 2.05) is 23.5 Å². The van der Waals surface area contributed by atoms with Gasteiger partial charge in [0.25, 0.3) is 0 Å². The first-order valence-corrected chi connectivity index (χ1v) is 17.2. The molecule has 0 spiro atoms. The third kappa shape index (κ3) is 4.51. The maximum absolute atomic E-state index is 9.64. The molecule has 0 amide bonds. The van der Waals surface area contributed by atoms with Crippen LogP contribution in [0, 0.1) is 11.3 Å². The van der Waals surface area contributed by atoms with Gasteiger partial charge in [0.1, 0.15) is 0 Å². The minimum atomic E-state index is 0.00181. The van der Waals surface area contributed by atoms with E-state index in [1.54, 1.807) is 0 Å². The number of para-hydroxylation sites is 1. The van der Waals surface area contributed by atoms with E-state index in [-0.39, 0.29) is 5.41 Å². The van der Waals surface area contributed by atoms with Crippen LogP contribution in [0.5, 0.6) is 0 Å². The fraction of sp³-hybridized carbons (Fsp3) is 0.159. The predicted molar refractivity (Wildman–Crippen MR) is 202 cm³/mol. The Kier molecular flexibility index (Phi) is 6.83. The number of aryl methyl sites for hydroxylation is 1. The summed E-state index contributed by atoms with van der Waals surface area (Å²) in [5, 5.41) is 13.3. The molecule has 0 radical (unpaired) electrons. The number of aromatic nitrogens is 1. The molecular weight excluding hydrogens is 589 g/mol. The van der Waals surface area contributed by atoms with Gasteiger partial charge in [-0.2, -0.15) is 5.26 Å². The molecule has 1 aliphatic rings. The number of nitrogens with zero attached hydrogens (tertiary/aromatic N) is 2. The van der Waals surface area contributed by atoms with Gasteiger partial charge < -0.3 is 4.57 Å². The Hall–Kier alpha value is -5.17. The lowest BCUT2D eigenvalue weighted by molar-refractivity contribution is 0.661. The number of hydrogen-bond acceptors (Lipinski definition) is 2. The molecule has 228 valence electrons. The maximum Gasteiger partial charge on any atom is 0.0991 e. The molecule has 2 nitrogen and oxygen atoms in total. The Balaban J connectivity index is 1.23. The van der Waals surface area contributed by atoms with E-state index in [0.717, 1.165) is 51.5 Å². The minimum Gasteiger partial charge on any atom is -0.309 e. The monoisotopic (exact) mass is 624 g/mol. The average molecular weight is 625 g/mol. The summed E-state index contributed by atoms with van der Waals surface area (Å²) in [6, 6.07) is 37.4. The van der Waals surface area contributed by atoms with E-state index < -0.39 is 0 Å². The van der Waals surface area contributed by atoms with E-state index >= 15 is 0 Å². The third-order valence-corrected chi connectivity index (χ3v) is 11.3. The first-order chi connectivity index (χ1) is 22.8. The Labute approximate surface area is 280 Å². The lowest BCUT2D eigenvalue weighted by Gasteiger charge is -2.21. The Morgan fingerprint density at radius 2 is 1.64 bits per heavy atom. The second-order valence-corrected chi connectivity index (χ2v) is 14.4. The molecule has 0 bridgehead atoms. The SMILES string of the molecule is C=C(C)c1ccc(C/C=C\c2sc3cc4c(cc3c2CC)-c2ccccc2C4(C)C)c(-n2c3ccccc3c3cc(C#N)ccc32)c1. The largest absolute Gasteiger partial charge is 0.309 e. The summed E-state index contributed by atoms with van der Waals surface area (Å²) in [4.78, 5) is 1.35. The fourth-order valence-corrected chi connectivity index (χ4v) is 8.91. The highest BCUT2D eigenvalue weighted by Crippen LogP contribution is 2.51. The standard InChI is InChI=1S/C44H36N2S/c1-6-31-36-24-34-32-13-7-9-15-37(32)44(4,5)38(34)25-43(36)47-42(31)17-11-12-29-19-20-30(27(2)3)23-41(29)46-39-16-10-8-14-33(39)35-22-28(26-45)18-21-40(35)46/h7-11,13-25H,2,6,12H2,1,3-5H3/b17-11-. The smallest absolute Gasteiger partial charge is 0.0991 e. The van der Waals surface area contributed by atoms with Gasteiger partial charge in [0.05, 0.1) is 28.4 Å². The number of allylic oxidation sites excluding steroid dienone is 2. The molecule has 5 aromatic carbocycles. The van der Waals surface area contributed by atoms with Crippen molar-refractivity contribution >= 4 is 54.9 Å². The summed E-state index contributed by atoms with van der Waals surface area (Å²) in [6.45, 7) is 13.3. The topological polar surface area (TPSA) is 28.7 Å². The van der Waals surface area contributed by atoms with Gasteiger partial charge in [-0.25, -0.2) is 0 Å². The van der Waals surface area contributed by atoms with Crippen LogP contribution >= 0.6 is 11.3 Å². The van der Waals surface area contributed by atoms with Crippen LogP contribution in [0.15, 0.2) is 110 Å². The Morgan fingerprint density at radius 1 is 0.851 bits per heavy atom. The maximum atomic E-state index is 9.64. The van der Waals surface area contributed by atoms with E-state index in [0.29, 0.717) is 5.56 Å². The summed E-state index contributed by atoms with van der Waals surface area (Å²) >= 11 is 1.91. The van der Waals surface area contributed by atoms with Crippen LogP contribution in [0.2, 0.25) is 0 Å². The fourth-order valence-electron chi connectivity index (χ4n) is 7.67. The molecule has 0 saturated carbocycles. The summed E-state index contributed by atoms with van der Waals surface area (Å²) < 4.78 is 3.73. The minimum absolute atomic E-state index is 0.00181. The number of fused-ring (bicyclic) bond motifs is 7. The molecule has 0 aliphatic heterocycles. The highest BCUT2D eigenvalue weighted by molar-refractivity contribution is 7.20. The molecule has 0 atom stereocenters. The van der Waals surface area contributed by atoms with Crippen LogP contribution < -0.4 is 0 Å². The van der Waals surface area contributed by atoms with Crippen molar-refractivity contribution in [2.45, 2.75) is 46.0 Å². The average Bonchev–Trinajstić information content (AvgIpc) is 3.68. The zero-order valence-corrected chi connectivity index (χ0v) is 28.1. The zero-order valence-electron chi connectivity index (χ0n) is 27.3. The first-order valence-electron chi connectivity index (χ1n) is 16.4. The van der Waals surface area contributed by atoms with Crippen LogP contribution in [0.1, 0.15) is 66.0 Å². The van der Waals surface area contributed by atoms with Gasteiger partial charge in [0, 0.05) is 25.8 Å². The van der Waals surface area contributed by atoms with E-state index in [2.05, 4.69) is 142 Å².